The van der Waals surface area contributed by atoms with Gasteiger partial charge in [0.25, 0.3) is 5.91 Å². The van der Waals surface area contributed by atoms with Crippen molar-refractivity contribution in [3.8, 4) is 17.2 Å². The van der Waals surface area contributed by atoms with Crippen LogP contribution in [0.25, 0.3) is 11.5 Å². The first kappa shape index (κ1) is 20.5. The molecule has 9 nitrogen and oxygen atoms in total. The number of carbonyl (C=O) groups is 1. The van der Waals surface area contributed by atoms with Crippen molar-refractivity contribution in [1.29, 1.82) is 0 Å². The molecule has 1 aromatic carbocycles. The minimum absolute atomic E-state index is 0.0193. The highest BCUT2D eigenvalue weighted by Crippen LogP contribution is 2.34. The van der Waals surface area contributed by atoms with E-state index in [-0.39, 0.29) is 22.7 Å². The topological polar surface area (TPSA) is 125 Å². The molecule has 3 heterocycles. The number of amides is 1. The summed E-state index contributed by atoms with van der Waals surface area (Å²) in [5, 5.41) is 12.6. The molecule has 0 aliphatic carbocycles. The lowest BCUT2D eigenvalue weighted by molar-refractivity contribution is 0.102. The zero-order chi connectivity index (χ0) is 21.3. The van der Waals surface area contributed by atoms with Gasteiger partial charge >= 0.3 is 5.76 Å². The van der Waals surface area contributed by atoms with Gasteiger partial charge in [-0.15, -0.1) is 5.10 Å². The number of hydrogen-bond donors (Lipinski definition) is 4. The van der Waals surface area contributed by atoms with Crippen LogP contribution in [0, 0.1) is 6.92 Å². The third kappa shape index (κ3) is 4.23. The predicted molar refractivity (Wildman–Crippen MR) is 113 cm³/mol. The van der Waals surface area contributed by atoms with E-state index in [2.05, 4.69) is 25.8 Å². The third-order valence-electron chi connectivity index (χ3n) is 4.78. The molecular formula is C19H19Cl2N5O4. The normalized spacial score (nSPS) is 14.6. The number of hydrogen-bond acceptors (Lipinski definition) is 6. The number of ether oxygens (including phenoxy) is 1. The van der Waals surface area contributed by atoms with Crippen LogP contribution in [0.2, 0.25) is 10.0 Å². The first-order chi connectivity index (χ1) is 14.4. The molecule has 158 valence electrons. The molecule has 1 aliphatic heterocycles. The van der Waals surface area contributed by atoms with Crippen molar-refractivity contribution in [2.75, 3.05) is 18.4 Å². The second-order valence-electron chi connectivity index (χ2n) is 6.90. The molecule has 0 radical (unpaired) electrons. The number of carbonyl (C=O) groups excluding carboxylic acids is 1. The maximum atomic E-state index is 12.8. The van der Waals surface area contributed by atoms with E-state index >= 15 is 0 Å². The highest BCUT2D eigenvalue weighted by Gasteiger charge is 2.22. The average molecular weight is 452 g/mol. The highest BCUT2D eigenvalue weighted by atomic mass is 35.5. The van der Waals surface area contributed by atoms with Crippen molar-refractivity contribution in [3.05, 3.63) is 50.2 Å². The van der Waals surface area contributed by atoms with Crippen LogP contribution >= 0.6 is 23.2 Å². The zero-order valence-corrected chi connectivity index (χ0v) is 17.5. The Balaban J connectivity index is 1.65. The number of aromatic nitrogens is 3. The lowest BCUT2D eigenvalue weighted by Gasteiger charge is -2.25. The summed E-state index contributed by atoms with van der Waals surface area (Å²) in [5.41, 5.74) is 1.74. The summed E-state index contributed by atoms with van der Waals surface area (Å²) in [4.78, 5) is 26.9. The molecule has 0 saturated carbocycles. The lowest BCUT2D eigenvalue weighted by atomic mass is 10.1. The highest BCUT2D eigenvalue weighted by molar-refractivity contribution is 6.44. The first-order valence-corrected chi connectivity index (χ1v) is 10.1. The predicted octanol–water partition coefficient (Wildman–Crippen LogP) is 3.36. The van der Waals surface area contributed by atoms with Gasteiger partial charge in [0, 0.05) is 11.3 Å². The van der Waals surface area contributed by atoms with E-state index in [1.54, 1.807) is 25.1 Å². The smallest absolute Gasteiger partial charge is 0.434 e. The van der Waals surface area contributed by atoms with E-state index in [9.17, 15) is 9.59 Å². The Hall–Kier alpha value is -2.75. The lowest BCUT2D eigenvalue weighted by Crippen LogP contribution is -2.34. The minimum atomic E-state index is -0.656. The van der Waals surface area contributed by atoms with Crippen LogP contribution in [-0.4, -0.2) is 40.3 Å². The Labute approximate surface area is 181 Å². The SMILES string of the molecule is Cc1[nH]c(C(=O)Nc2ccc(-c3n[nH]c(=O)o3)cc2OC2CCNCC2)c(Cl)c1Cl. The van der Waals surface area contributed by atoms with Crippen LogP contribution in [0.1, 0.15) is 29.0 Å². The number of rotatable bonds is 5. The van der Waals surface area contributed by atoms with Crippen LogP contribution in [0.15, 0.2) is 27.4 Å². The van der Waals surface area contributed by atoms with Crippen molar-refractivity contribution in [2.45, 2.75) is 25.9 Å². The van der Waals surface area contributed by atoms with Gasteiger partial charge in [0.2, 0.25) is 5.89 Å². The molecule has 1 amide bonds. The number of nitrogens with one attached hydrogen (secondary N) is 4. The van der Waals surface area contributed by atoms with Gasteiger partial charge < -0.3 is 24.8 Å². The van der Waals surface area contributed by atoms with Crippen LogP contribution in [-0.2, 0) is 0 Å². The summed E-state index contributed by atoms with van der Waals surface area (Å²) in [7, 11) is 0. The van der Waals surface area contributed by atoms with Crippen LogP contribution in [0.4, 0.5) is 5.69 Å². The fourth-order valence-corrected chi connectivity index (χ4v) is 3.63. The van der Waals surface area contributed by atoms with Gasteiger partial charge in [-0.1, -0.05) is 23.2 Å². The number of nitrogens with zero attached hydrogens (tertiary/aromatic N) is 1. The van der Waals surface area contributed by atoms with E-state index in [0.29, 0.717) is 27.7 Å². The number of H-pyrrole nitrogens is 2. The minimum Gasteiger partial charge on any atom is -0.488 e. The standard InChI is InChI=1S/C19H19Cl2N5O4/c1-9-14(20)15(21)16(23-9)17(27)24-12-3-2-10(18-25-26-19(28)30-18)8-13(12)29-11-4-6-22-7-5-11/h2-3,8,11,22-23H,4-7H2,1H3,(H,24,27)(H,26,28). The molecule has 0 unspecified atom stereocenters. The first-order valence-electron chi connectivity index (χ1n) is 9.34. The fraction of sp³-hybridized carbons (Fsp3) is 0.316. The molecule has 11 heteroatoms. The second-order valence-corrected chi connectivity index (χ2v) is 7.66. The van der Waals surface area contributed by atoms with Crippen molar-refractivity contribution < 1.29 is 13.9 Å². The number of anilines is 1. The van der Waals surface area contributed by atoms with Gasteiger partial charge in [0.15, 0.2) is 0 Å². The van der Waals surface area contributed by atoms with Crippen molar-refractivity contribution in [1.82, 2.24) is 20.5 Å². The van der Waals surface area contributed by atoms with Crippen LogP contribution in [0.5, 0.6) is 5.75 Å². The molecule has 1 fully saturated rings. The molecule has 4 rings (SSSR count). The fourth-order valence-electron chi connectivity index (χ4n) is 3.22. The molecule has 4 N–H and O–H groups in total. The second kappa shape index (κ2) is 8.55. The summed E-state index contributed by atoms with van der Waals surface area (Å²) in [6.45, 7) is 3.41. The number of benzene rings is 1. The van der Waals surface area contributed by atoms with E-state index < -0.39 is 11.7 Å². The Kier molecular flexibility index (Phi) is 5.85. The molecule has 2 aromatic heterocycles. The van der Waals surface area contributed by atoms with Crippen LogP contribution < -0.4 is 21.1 Å². The number of aryl methyl sites for hydroxylation is 1. The Morgan fingerprint density at radius 3 is 2.67 bits per heavy atom. The Bertz CT molecular complexity index is 1130. The van der Waals surface area contributed by atoms with Crippen molar-refractivity contribution in [3.63, 3.8) is 0 Å². The van der Waals surface area contributed by atoms with Crippen molar-refractivity contribution >= 4 is 34.8 Å². The van der Waals surface area contributed by atoms with E-state index in [1.165, 1.54) is 0 Å². The van der Waals surface area contributed by atoms with Gasteiger partial charge in [0.1, 0.15) is 17.5 Å². The van der Waals surface area contributed by atoms with Crippen LogP contribution in [0.3, 0.4) is 0 Å². The quantitative estimate of drug-likeness (QED) is 0.471. The largest absolute Gasteiger partial charge is 0.488 e. The van der Waals surface area contributed by atoms with E-state index in [0.717, 1.165) is 25.9 Å². The summed E-state index contributed by atoms with van der Waals surface area (Å²) < 4.78 is 11.2. The molecule has 0 spiro atoms. The molecular weight excluding hydrogens is 433 g/mol. The summed E-state index contributed by atoms with van der Waals surface area (Å²) in [6.07, 6.45) is 1.63. The molecule has 1 saturated heterocycles. The van der Waals surface area contributed by atoms with Gasteiger partial charge in [-0.3, -0.25) is 4.79 Å². The van der Waals surface area contributed by atoms with E-state index in [1.807, 2.05) is 0 Å². The molecule has 0 bridgehead atoms. The zero-order valence-electron chi connectivity index (χ0n) is 16.0. The molecule has 0 atom stereocenters. The van der Waals surface area contributed by atoms with Gasteiger partial charge in [-0.25, -0.2) is 9.89 Å². The average Bonchev–Trinajstić information content (AvgIpc) is 3.28. The number of halogens is 2. The van der Waals surface area contributed by atoms with Crippen molar-refractivity contribution in [2.24, 2.45) is 0 Å². The summed E-state index contributed by atoms with van der Waals surface area (Å²) in [6, 6.07) is 4.99. The molecule has 1 aliphatic rings. The monoisotopic (exact) mass is 451 g/mol. The number of piperidine rings is 1. The third-order valence-corrected chi connectivity index (χ3v) is 5.72. The van der Waals surface area contributed by atoms with Gasteiger partial charge in [-0.2, -0.15) is 0 Å². The Morgan fingerprint density at radius 1 is 1.27 bits per heavy atom. The Morgan fingerprint density at radius 2 is 2.03 bits per heavy atom. The summed E-state index contributed by atoms with van der Waals surface area (Å²) in [5.74, 6) is -0.548. The maximum absolute atomic E-state index is 12.8. The van der Waals surface area contributed by atoms with Gasteiger partial charge in [-0.05, 0) is 51.1 Å². The molecule has 3 aromatic rings. The number of aromatic amines is 2. The molecule has 30 heavy (non-hydrogen) atoms. The van der Waals surface area contributed by atoms with Gasteiger partial charge in [0.05, 0.1) is 15.7 Å². The maximum Gasteiger partial charge on any atom is 0.434 e. The summed E-state index contributed by atoms with van der Waals surface area (Å²) >= 11 is 12.2. The van der Waals surface area contributed by atoms with E-state index in [4.69, 9.17) is 32.4 Å².